The van der Waals surface area contributed by atoms with Gasteiger partial charge in [-0.15, -0.1) is 0 Å². The summed E-state index contributed by atoms with van der Waals surface area (Å²) >= 11 is 0. The number of benzene rings is 2. The normalized spacial score (nSPS) is 12.2. The van der Waals surface area contributed by atoms with Crippen molar-refractivity contribution in [3.63, 3.8) is 0 Å². The lowest BCUT2D eigenvalue weighted by Crippen LogP contribution is -2.18. The van der Waals surface area contributed by atoms with E-state index in [-0.39, 0.29) is 0 Å². The number of methoxy groups -OCH3 is 1. The second-order valence-electron chi connectivity index (χ2n) is 5.33. The summed E-state index contributed by atoms with van der Waals surface area (Å²) in [6.07, 6.45) is 0. The first-order chi connectivity index (χ1) is 9.60. The van der Waals surface area contributed by atoms with Gasteiger partial charge in [0, 0.05) is 18.2 Å². The van der Waals surface area contributed by atoms with E-state index in [2.05, 4.69) is 62.5 Å². The van der Waals surface area contributed by atoms with Crippen molar-refractivity contribution >= 4 is 0 Å². The van der Waals surface area contributed by atoms with Crippen molar-refractivity contribution in [2.75, 3.05) is 7.11 Å². The maximum absolute atomic E-state index is 5.41. The highest BCUT2D eigenvalue weighted by molar-refractivity contribution is 5.37. The minimum absolute atomic E-state index is 0.320. The van der Waals surface area contributed by atoms with Gasteiger partial charge in [0.15, 0.2) is 0 Å². The van der Waals surface area contributed by atoms with E-state index >= 15 is 0 Å². The first-order valence-corrected chi connectivity index (χ1v) is 7.03. The molecule has 0 saturated carbocycles. The average Bonchev–Trinajstić information content (AvgIpc) is 2.45. The number of ether oxygens (including phenoxy) is 1. The standard InChI is InChI=1S/C18H23NO/c1-13-5-8-16(9-6-13)15(3)19-12-17-11-14(2)7-10-18(17)20-4/h5-11,15,19H,12H2,1-4H3/t15-/m1/s1. The Morgan fingerprint density at radius 3 is 2.30 bits per heavy atom. The third-order valence-corrected chi connectivity index (χ3v) is 3.61. The summed E-state index contributed by atoms with van der Waals surface area (Å²) in [6, 6.07) is 15.3. The van der Waals surface area contributed by atoms with Gasteiger partial charge in [0.25, 0.3) is 0 Å². The minimum Gasteiger partial charge on any atom is -0.496 e. The number of nitrogens with one attached hydrogen (secondary N) is 1. The summed E-state index contributed by atoms with van der Waals surface area (Å²) < 4.78 is 5.41. The lowest BCUT2D eigenvalue weighted by Gasteiger charge is -2.16. The van der Waals surface area contributed by atoms with Gasteiger partial charge in [-0.3, -0.25) is 0 Å². The Labute approximate surface area is 121 Å². The Morgan fingerprint density at radius 1 is 1.00 bits per heavy atom. The SMILES string of the molecule is COc1ccc(C)cc1CN[C@H](C)c1ccc(C)cc1. The largest absolute Gasteiger partial charge is 0.496 e. The summed E-state index contributed by atoms with van der Waals surface area (Å²) in [5.41, 5.74) is 5.06. The summed E-state index contributed by atoms with van der Waals surface area (Å²) in [7, 11) is 1.72. The predicted molar refractivity (Wildman–Crippen MR) is 84.2 cm³/mol. The van der Waals surface area contributed by atoms with Gasteiger partial charge in [0.05, 0.1) is 7.11 Å². The Bertz CT molecular complexity index is 560. The molecule has 0 radical (unpaired) electrons. The van der Waals surface area contributed by atoms with Crippen LogP contribution in [0.1, 0.15) is 35.2 Å². The fourth-order valence-corrected chi connectivity index (χ4v) is 2.28. The van der Waals surface area contributed by atoms with Gasteiger partial charge in [-0.1, -0.05) is 47.5 Å². The molecular weight excluding hydrogens is 246 g/mol. The van der Waals surface area contributed by atoms with Crippen LogP contribution >= 0.6 is 0 Å². The fraction of sp³-hybridized carbons (Fsp3) is 0.333. The second kappa shape index (κ2) is 6.58. The van der Waals surface area contributed by atoms with Crippen LogP contribution in [0.2, 0.25) is 0 Å². The quantitative estimate of drug-likeness (QED) is 0.880. The van der Waals surface area contributed by atoms with E-state index < -0.39 is 0 Å². The highest BCUT2D eigenvalue weighted by Gasteiger charge is 2.07. The first kappa shape index (κ1) is 14.6. The van der Waals surface area contributed by atoms with Crippen molar-refractivity contribution in [3.05, 3.63) is 64.7 Å². The summed E-state index contributed by atoms with van der Waals surface area (Å²) in [6.45, 7) is 7.21. The minimum atomic E-state index is 0.320. The van der Waals surface area contributed by atoms with Gasteiger partial charge in [-0.25, -0.2) is 0 Å². The molecule has 2 rings (SSSR count). The molecule has 0 aromatic heterocycles. The maximum atomic E-state index is 5.41. The number of hydrogen-bond acceptors (Lipinski definition) is 2. The van der Waals surface area contributed by atoms with Crippen LogP contribution in [0.4, 0.5) is 0 Å². The second-order valence-corrected chi connectivity index (χ2v) is 5.33. The first-order valence-electron chi connectivity index (χ1n) is 7.03. The van der Waals surface area contributed by atoms with Crippen molar-refractivity contribution in [2.24, 2.45) is 0 Å². The van der Waals surface area contributed by atoms with Crippen LogP contribution < -0.4 is 10.1 Å². The predicted octanol–water partition coefficient (Wildman–Crippen LogP) is 4.16. The summed E-state index contributed by atoms with van der Waals surface area (Å²) in [5.74, 6) is 0.944. The van der Waals surface area contributed by atoms with E-state index in [0.29, 0.717) is 6.04 Å². The molecule has 0 heterocycles. The van der Waals surface area contributed by atoms with Crippen LogP contribution in [-0.4, -0.2) is 7.11 Å². The zero-order chi connectivity index (χ0) is 14.5. The Kier molecular flexibility index (Phi) is 4.80. The molecule has 106 valence electrons. The van der Waals surface area contributed by atoms with E-state index in [1.165, 1.54) is 22.3 Å². The third-order valence-electron chi connectivity index (χ3n) is 3.61. The van der Waals surface area contributed by atoms with E-state index in [9.17, 15) is 0 Å². The van der Waals surface area contributed by atoms with Gasteiger partial charge >= 0.3 is 0 Å². The zero-order valence-corrected chi connectivity index (χ0v) is 12.7. The molecular formula is C18H23NO. The molecule has 0 saturated heterocycles. The Hall–Kier alpha value is -1.80. The van der Waals surface area contributed by atoms with Gasteiger partial charge in [-0.2, -0.15) is 0 Å². The molecule has 0 aliphatic rings. The maximum Gasteiger partial charge on any atom is 0.123 e. The van der Waals surface area contributed by atoms with Crippen molar-refractivity contribution in [1.82, 2.24) is 5.32 Å². The monoisotopic (exact) mass is 269 g/mol. The highest BCUT2D eigenvalue weighted by Crippen LogP contribution is 2.21. The number of hydrogen-bond donors (Lipinski definition) is 1. The van der Waals surface area contributed by atoms with Gasteiger partial charge in [-0.05, 0) is 32.4 Å². The molecule has 0 fully saturated rings. The molecule has 0 aliphatic heterocycles. The molecule has 2 nitrogen and oxygen atoms in total. The Morgan fingerprint density at radius 2 is 1.65 bits per heavy atom. The van der Waals surface area contributed by atoms with Crippen LogP contribution in [0.15, 0.2) is 42.5 Å². The fourth-order valence-electron chi connectivity index (χ4n) is 2.28. The third kappa shape index (κ3) is 3.61. The molecule has 1 N–H and O–H groups in total. The van der Waals surface area contributed by atoms with Crippen molar-refractivity contribution in [2.45, 2.75) is 33.4 Å². The molecule has 2 aromatic carbocycles. The molecule has 0 bridgehead atoms. The molecule has 0 aliphatic carbocycles. The van der Waals surface area contributed by atoms with Gasteiger partial charge in [0.2, 0.25) is 0 Å². The van der Waals surface area contributed by atoms with Crippen LogP contribution in [-0.2, 0) is 6.54 Å². The van der Waals surface area contributed by atoms with Crippen LogP contribution in [0.3, 0.4) is 0 Å². The smallest absolute Gasteiger partial charge is 0.123 e. The zero-order valence-electron chi connectivity index (χ0n) is 12.7. The molecule has 0 spiro atoms. The topological polar surface area (TPSA) is 21.3 Å². The van der Waals surface area contributed by atoms with Crippen LogP contribution in [0.5, 0.6) is 5.75 Å². The Balaban J connectivity index is 2.04. The summed E-state index contributed by atoms with van der Waals surface area (Å²) in [5, 5.41) is 3.56. The van der Waals surface area contributed by atoms with E-state index in [4.69, 9.17) is 4.74 Å². The highest BCUT2D eigenvalue weighted by atomic mass is 16.5. The molecule has 2 heteroatoms. The molecule has 0 unspecified atom stereocenters. The summed E-state index contributed by atoms with van der Waals surface area (Å²) in [4.78, 5) is 0. The van der Waals surface area contributed by atoms with Crippen LogP contribution in [0.25, 0.3) is 0 Å². The lowest BCUT2D eigenvalue weighted by molar-refractivity contribution is 0.406. The molecule has 1 atom stereocenters. The van der Waals surface area contributed by atoms with E-state index in [1.807, 2.05) is 6.07 Å². The number of rotatable bonds is 5. The number of aryl methyl sites for hydroxylation is 2. The van der Waals surface area contributed by atoms with Crippen molar-refractivity contribution in [1.29, 1.82) is 0 Å². The average molecular weight is 269 g/mol. The van der Waals surface area contributed by atoms with Crippen LogP contribution in [0, 0.1) is 13.8 Å². The van der Waals surface area contributed by atoms with Crippen molar-refractivity contribution in [3.8, 4) is 5.75 Å². The lowest BCUT2D eigenvalue weighted by atomic mass is 10.1. The van der Waals surface area contributed by atoms with E-state index in [0.717, 1.165) is 12.3 Å². The van der Waals surface area contributed by atoms with E-state index in [1.54, 1.807) is 7.11 Å². The molecule has 20 heavy (non-hydrogen) atoms. The van der Waals surface area contributed by atoms with Crippen molar-refractivity contribution < 1.29 is 4.74 Å². The van der Waals surface area contributed by atoms with Gasteiger partial charge < -0.3 is 10.1 Å². The molecule has 0 amide bonds. The molecule has 2 aromatic rings. The van der Waals surface area contributed by atoms with Gasteiger partial charge in [0.1, 0.15) is 5.75 Å².